The molecule has 0 atom stereocenters. The van der Waals surface area contributed by atoms with Gasteiger partial charge in [-0.3, -0.25) is 4.79 Å². The van der Waals surface area contributed by atoms with Crippen LogP contribution < -0.4 is 10.6 Å². The molecule has 2 rings (SSSR count). The minimum absolute atomic E-state index is 0.0444. The fourth-order valence-electron chi connectivity index (χ4n) is 1.97. The summed E-state index contributed by atoms with van der Waals surface area (Å²) in [4.78, 5) is 11.7. The average Bonchev–Trinajstić information content (AvgIpc) is 2.80. The highest BCUT2D eigenvalue weighted by Gasteiger charge is 2.26. The summed E-state index contributed by atoms with van der Waals surface area (Å²) < 4.78 is 1.42. The molecule has 0 saturated carbocycles. The molecule has 1 saturated heterocycles. The van der Waals surface area contributed by atoms with Crippen molar-refractivity contribution < 1.29 is 4.79 Å². The van der Waals surface area contributed by atoms with E-state index in [0.29, 0.717) is 0 Å². The Morgan fingerprint density at radius 2 is 2.29 bits per heavy atom. The molecular formula is C10H18N6O. The van der Waals surface area contributed by atoms with Crippen LogP contribution in [0.1, 0.15) is 19.8 Å². The van der Waals surface area contributed by atoms with E-state index in [0.717, 1.165) is 32.5 Å². The third-order valence-electron chi connectivity index (χ3n) is 3.22. The van der Waals surface area contributed by atoms with Gasteiger partial charge in [-0.2, -0.15) is 0 Å². The zero-order chi connectivity index (χ0) is 12.1. The van der Waals surface area contributed by atoms with Crippen LogP contribution in [-0.4, -0.2) is 45.7 Å². The summed E-state index contributed by atoms with van der Waals surface area (Å²) in [5, 5.41) is 16.9. The van der Waals surface area contributed by atoms with Crippen molar-refractivity contribution in [2.24, 2.45) is 5.41 Å². The molecule has 0 radical (unpaired) electrons. The highest BCUT2D eigenvalue weighted by Crippen LogP contribution is 2.26. The van der Waals surface area contributed by atoms with Crippen LogP contribution in [0.2, 0.25) is 0 Å². The van der Waals surface area contributed by atoms with Crippen molar-refractivity contribution >= 4 is 5.91 Å². The van der Waals surface area contributed by atoms with Crippen LogP contribution in [0.3, 0.4) is 0 Å². The Bertz CT molecular complexity index is 357. The van der Waals surface area contributed by atoms with E-state index in [9.17, 15) is 4.79 Å². The van der Waals surface area contributed by atoms with Crippen molar-refractivity contribution in [1.82, 2.24) is 30.8 Å². The van der Waals surface area contributed by atoms with Crippen LogP contribution in [0.5, 0.6) is 0 Å². The predicted octanol–water partition coefficient (Wildman–Crippen LogP) is -0.821. The number of hydrogen-bond acceptors (Lipinski definition) is 5. The first-order chi connectivity index (χ1) is 8.18. The lowest BCUT2D eigenvalue weighted by Crippen LogP contribution is -2.43. The first-order valence-electron chi connectivity index (χ1n) is 5.86. The van der Waals surface area contributed by atoms with Gasteiger partial charge in [0.25, 0.3) is 0 Å². The van der Waals surface area contributed by atoms with Gasteiger partial charge in [-0.05, 0) is 41.8 Å². The molecule has 0 unspecified atom stereocenters. The van der Waals surface area contributed by atoms with Crippen molar-refractivity contribution in [3.63, 3.8) is 0 Å². The Labute approximate surface area is 100.0 Å². The molecule has 1 fully saturated rings. The second kappa shape index (κ2) is 5.22. The first-order valence-corrected chi connectivity index (χ1v) is 5.86. The molecule has 7 heteroatoms. The van der Waals surface area contributed by atoms with E-state index in [1.165, 1.54) is 11.0 Å². The molecule has 1 aliphatic heterocycles. The molecule has 94 valence electrons. The molecule has 2 heterocycles. The molecule has 0 aliphatic carbocycles. The number of rotatable bonds is 4. The van der Waals surface area contributed by atoms with Gasteiger partial charge in [0.05, 0.1) is 0 Å². The highest BCUT2D eigenvalue weighted by atomic mass is 16.2. The molecule has 1 aromatic rings. The minimum atomic E-state index is -0.0444. The van der Waals surface area contributed by atoms with Gasteiger partial charge in [-0.25, -0.2) is 4.68 Å². The Hall–Kier alpha value is -1.50. The molecule has 17 heavy (non-hydrogen) atoms. The van der Waals surface area contributed by atoms with Crippen LogP contribution in [0.4, 0.5) is 0 Å². The van der Waals surface area contributed by atoms with Gasteiger partial charge >= 0.3 is 0 Å². The summed E-state index contributed by atoms with van der Waals surface area (Å²) in [5.74, 6) is -0.0444. The molecular weight excluding hydrogens is 220 g/mol. The van der Waals surface area contributed by atoms with Gasteiger partial charge < -0.3 is 10.6 Å². The fourth-order valence-corrected chi connectivity index (χ4v) is 1.97. The van der Waals surface area contributed by atoms with Crippen molar-refractivity contribution in [3.05, 3.63) is 6.33 Å². The van der Waals surface area contributed by atoms with Crippen molar-refractivity contribution in [1.29, 1.82) is 0 Å². The third kappa shape index (κ3) is 3.48. The Morgan fingerprint density at radius 3 is 2.94 bits per heavy atom. The number of amides is 1. The molecule has 0 spiro atoms. The number of nitrogens with zero attached hydrogens (tertiary/aromatic N) is 4. The van der Waals surface area contributed by atoms with Gasteiger partial charge in [0.15, 0.2) is 0 Å². The second-order valence-corrected chi connectivity index (χ2v) is 4.84. The van der Waals surface area contributed by atoms with Gasteiger partial charge in [0, 0.05) is 6.54 Å². The van der Waals surface area contributed by atoms with Crippen molar-refractivity contribution in [2.45, 2.75) is 26.3 Å². The Morgan fingerprint density at radius 1 is 1.53 bits per heavy atom. The molecule has 1 aromatic heterocycles. The molecule has 1 amide bonds. The predicted molar refractivity (Wildman–Crippen MR) is 61.0 cm³/mol. The number of hydrogen-bond donors (Lipinski definition) is 2. The third-order valence-corrected chi connectivity index (χ3v) is 3.22. The maximum absolute atomic E-state index is 11.7. The normalized spacial score (nSPS) is 18.9. The van der Waals surface area contributed by atoms with Crippen molar-refractivity contribution in [3.8, 4) is 0 Å². The first kappa shape index (κ1) is 12.0. The van der Waals surface area contributed by atoms with E-state index in [4.69, 9.17) is 0 Å². The molecule has 0 bridgehead atoms. The zero-order valence-corrected chi connectivity index (χ0v) is 10.0. The minimum Gasteiger partial charge on any atom is -0.354 e. The summed E-state index contributed by atoms with van der Waals surface area (Å²) >= 11 is 0. The van der Waals surface area contributed by atoms with E-state index in [1.54, 1.807) is 0 Å². The van der Waals surface area contributed by atoms with E-state index >= 15 is 0 Å². The number of piperidine rings is 1. The molecule has 7 nitrogen and oxygen atoms in total. The van der Waals surface area contributed by atoms with E-state index < -0.39 is 0 Å². The quantitative estimate of drug-likeness (QED) is 0.716. The summed E-state index contributed by atoms with van der Waals surface area (Å²) in [7, 11) is 0. The number of aromatic nitrogens is 4. The maximum Gasteiger partial charge on any atom is 0.241 e. The SMILES string of the molecule is CC1(CNC(=O)Cn2cnnn2)CCNCC1. The second-order valence-electron chi connectivity index (χ2n) is 4.84. The average molecular weight is 238 g/mol. The highest BCUT2D eigenvalue weighted by molar-refractivity contribution is 5.75. The number of carbonyl (C=O) groups excluding carboxylic acids is 1. The van der Waals surface area contributed by atoms with Gasteiger partial charge in [0.1, 0.15) is 12.9 Å². The molecule has 0 aromatic carbocycles. The summed E-state index contributed by atoms with van der Waals surface area (Å²) in [5.41, 5.74) is 0.210. The monoisotopic (exact) mass is 238 g/mol. The summed E-state index contributed by atoms with van der Waals surface area (Å²) in [6, 6.07) is 0. The number of tetrazole rings is 1. The molecule has 2 N–H and O–H groups in total. The standard InChI is InChI=1S/C10H18N6O/c1-10(2-4-11-5-3-10)7-12-9(17)6-16-8-13-14-15-16/h8,11H,2-7H2,1H3,(H,12,17). The smallest absolute Gasteiger partial charge is 0.241 e. The van der Waals surface area contributed by atoms with Crippen LogP contribution in [0.15, 0.2) is 6.33 Å². The van der Waals surface area contributed by atoms with Crippen LogP contribution in [0, 0.1) is 5.41 Å². The van der Waals surface area contributed by atoms with E-state index in [2.05, 4.69) is 33.1 Å². The van der Waals surface area contributed by atoms with Crippen LogP contribution >= 0.6 is 0 Å². The Kier molecular flexibility index (Phi) is 3.68. The van der Waals surface area contributed by atoms with Gasteiger partial charge in [0.2, 0.25) is 5.91 Å². The van der Waals surface area contributed by atoms with Crippen molar-refractivity contribution in [2.75, 3.05) is 19.6 Å². The lowest BCUT2D eigenvalue weighted by Gasteiger charge is -2.34. The lowest BCUT2D eigenvalue weighted by atomic mass is 9.81. The fraction of sp³-hybridized carbons (Fsp3) is 0.800. The largest absolute Gasteiger partial charge is 0.354 e. The lowest BCUT2D eigenvalue weighted by molar-refractivity contribution is -0.122. The van der Waals surface area contributed by atoms with Gasteiger partial charge in [-0.15, -0.1) is 5.10 Å². The van der Waals surface area contributed by atoms with E-state index in [1.807, 2.05) is 0 Å². The molecule has 1 aliphatic rings. The van der Waals surface area contributed by atoms with E-state index in [-0.39, 0.29) is 17.9 Å². The number of carbonyl (C=O) groups is 1. The zero-order valence-electron chi connectivity index (χ0n) is 10.0. The van der Waals surface area contributed by atoms with Crippen LogP contribution in [-0.2, 0) is 11.3 Å². The maximum atomic E-state index is 11.7. The van der Waals surface area contributed by atoms with Gasteiger partial charge in [-0.1, -0.05) is 6.92 Å². The Balaban J connectivity index is 1.75. The summed E-state index contributed by atoms with van der Waals surface area (Å²) in [6.45, 7) is 5.17. The van der Waals surface area contributed by atoms with Crippen LogP contribution in [0.25, 0.3) is 0 Å². The number of nitrogens with one attached hydrogen (secondary N) is 2. The topological polar surface area (TPSA) is 84.7 Å². The summed E-state index contributed by atoms with van der Waals surface area (Å²) in [6.07, 6.45) is 3.63.